The number of nitrogens with zero attached hydrogens (tertiary/aromatic N) is 6. The lowest BCUT2D eigenvalue weighted by molar-refractivity contribution is 0.0482. The molecule has 0 saturated carbocycles. The fraction of sp³-hybridized carbons (Fsp3) is 0.333. The molecule has 2 saturated heterocycles. The van der Waals surface area contributed by atoms with Crippen molar-refractivity contribution in [2.45, 2.75) is 18.9 Å². The van der Waals surface area contributed by atoms with Crippen LogP contribution in [0.2, 0.25) is 0 Å². The number of benzene rings is 2. The number of hydrogen-bond donors (Lipinski definition) is 0. The van der Waals surface area contributed by atoms with Gasteiger partial charge in [-0.2, -0.15) is 9.97 Å². The van der Waals surface area contributed by atoms with Crippen LogP contribution in [0.25, 0.3) is 17.0 Å². The Morgan fingerprint density at radius 3 is 2.61 bits per heavy atom. The maximum absolute atomic E-state index is 12.5. The Bertz CT molecular complexity index is 1350. The van der Waals surface area contributed by atoms with Gasteiger partial charge in [-0.1, -0.05) is 30.3 Å². The van der Waals surface area contributed by atoms with Crippen molar-refractivity contribution >= 4 is 28.6 Å². The number of anilines is 2. The number of esters is 1. The van der Waals surface area contributed by atoms with E-state index in [1.54, 1.807) is 18.5 Å². The van der Waals surface area contributed by atoms with Gasteiger partial charge in [-0.3, -0.25) is 4.57 Å². The second-order valence-corrected chi connectivity index (χ2v) is 9.04. The van der Waals surface area contributed by atoms with E-state index in [9.17, 15) is 4.79 Å². The summed E-state index contributed by atoms with van der Waals surface area (Å²) in [7, 11) is 0. The molecule has 9 heteroatoms. The maximum Gasteiger partial charge on any atom is 0.338 e. The number of aromatic nitrogens is 4. The molecule has 2 aromatic heterocycles. The van der Waals surface area contributed by atoms with Crippen molar-refractivity contribution in [2.24, 2.45) is 0 Å². The third kappa shape index (κ3) is 4.49. The quantitative estimate of drug-likeness (QED) is 0.385. The summed E-state index contributed by atoms with van der Waals surface area (Å²) in [6, 6.07) is 19.2. The third-order valence-electron chi connectivity index (χ3n) is 6.78. The van der Waals surface area contributed by atoms with E-state index >= 15 is 0 Å². The molecule has 36 heavy (non-hydrogen) atoms. The summed E-state index contributed by atoms with van der Waals surface area (Å²) in [5.74, 6) is 1.97. The van der Waals surface area contributed by atoms with Gasteiger partial charge in [0, 0.05) is 25.7 Å². The summed E-state index contributed by atoms with van der Waals surface area (Å²) in [6.07, 6.45) is 3.71. The minimum absolute atomic E-state index is 0.0532. The van der Waals surface area contributed by atoms with Crippen molar-refractivity contribution in [3.63, 3.8) is 0 Å². The van der Waals surface area contributed by atoms with E-state index in [0.29, 0.717) is 31.3 Å². The highest BCUT2D eigenvalue weighted by atomic mass is 16.5. The average molecular weight is 485 g/mol. The van der Waals surface area contributed by atoms with Gasteiger partial charge in [0.1, 0.15) is 24.6 Å². The molecule has 2 aromatic carbocycles. The molecule has 4 aromatic rings. The summed E-state index contributed by atoms with van der Waals surface area (Å²) < 4.78 is 13.2. The SMILES string of the molecule is O=C(OCC1CCCN1c1cc(N2CCOCC2)nc(-n2cnc3ccccc32)n1)c1ccccc1. The lowest BCUT2D eigenvalue weighted by Crippen LogP contribution is -2.38. The molecule has 0 N–H and O–H groups in total. The lowest BCUT2D eigenvalue weighted by atomic mass is 10.2. The zero-order chi connectivity index (χ0) is 24.3. The number of ether oxygens (including phenoxy) is 2. The second-order valence-electron chi connectivity index (χ2n) is 9.04. The summed E-state index contributed by atoms with van der Waals surface area (Å²) >= 11 is 0. The molecule has 2 aliphatic heterocycles. The number of hydrogen-bond acceptors (Lipinski definition) is 8. The largest absolute Gasteiger partial charge is 0.460 e. The molecule has 1 unspecified atom stereocenters. The average Bonchev–Trinajstić information content (AvgIpc) is 3.60. The molecule has 0 aliphatic carbocycles. The molecule has 184 valence electrons. The first-order chi connectivity index (χ1) is 17.8. The number of rotatable bonds is 6. The van der Waals surface area contributed by atoms with Gasteiger partial charge >= 0.3 is 5.97 Å². The monoisotopic (exact) mass is 484 g/mol. The van der Waals surface area contributed by atoms with Crippen LogP contribution in [0.15, 0.2) is 67.0 Å². The predicted molar refractivity (Wildman–Crippen MR) is 137 cm³/mol. The molecular weight excluding hydrogens is 456 g/mol. The van der Waals surface area contributed by atoms with Crippen molar-refractivity contribution in [3.05, 3.63) is 72.6 Å². The Balaban J connectivity index is 1.31. The standard InChI is InChI=1S/C27H28N6O3/c34-26(20-7-2-1-3-8-20)36-18-21-9-6-12-32(21)25-17-24(31-13-15-35-16-14-31)29-27(30-25)33-19-28-22-10-4-5-11-23(22)33/h1-5,7-8,10-11,17,19,21H,6,9,12-16,18H2. The van der Waals surface area contributed by atoms with E-state index in [0.717, 1.165) is 55.1 Å². The number of carbonyl (C=O) groups is 1. The van der Waals surface area contributed by atoms with E-state index in [-0.39, 0.29) is 12.0 Å². The van der Waals surface area contributed by atoms with Gasteiger partial charge in [0.2, 0.25) is 5.95 Å². The van der Waals surface area contributed by atoms with Gasteiger partial charge in [-0.25, -0.2) is 9.78 Å². The molecule has 0 radical (unpaired) electrons. The predicted octanol–water partition coefficient (Wildman–Crippen LogP) is 3.48. The zero-order valence-electron chi connectivity index (χ0n) is 20.0. The van der Waals surface area contributed by atoms with E-state index in [1.165, 1.54) is 0 Å². The van der Waals surface area contributed by atoms with Crippen molar-refractivity contribution in [1.82, 2.24) is 19.5 Å². The Labute approximate surface area is 209 Å². The molecule has 2 aliphatic rings. The van der Waals surface area contributed by atoms with Crippen LogP contribution in [-0.2, 0) is 9.47 Å². The van der Waals surface area contributed by atoms with Crippen molar-refractivity contribution in [3.8, 4) is 5.95 Å². The van der Waals surface area contributed by atoms with Crippen molar-refractivity contribution in [2.75, 3.05) is 49.3 Å². The van der Waals surface area contributed by atoms with Gasteiger partial charge in [0.05, 0.1) is 35.9 Å². The van der Waals surface area contributed by atoms with E-state index in [4.69, 9.17) is 19.4 Å². The molecular formula is C27H28N6O3. The van der Waals surface area contributed by atoms with Crippen LogP contribution in [0.5, 0.6) is 0 Å². The number of imidazole rings is 1. The first-order valence-electron chi connectivity index (χ1n) is 12.4. The Morgan fingerprint density at radius 2 is 1.75 bits per heavy atom. The summed E-state index contributed by atoms with van der Waals surface area (Å²) in [6.45, 7) is 4.05. The van der Waals surface area contributed by atoms with E-state index in [2.05, 4.69) is 14.8 Å². The molecule has 1 atom stereocenters. The van der Waals surface area contributed by atoms with Gasteiger partial charge in [0.15, 0.2) is 0 Å². The molecule has 4 heterocycles. The summed E-state index contributed by atoms with van der Waals surface area (Å²) in [4.78, 5) is 31.5. The van der Waals surface area contributed by atoms with Crippen LogP contribution >= 0.6 is 0 Å². The van der Waals surface area contributed by atoms with Gasteiger partial charge in [-0.05, 0) is 37.1 Å². The molecule has 0 amide bonds. The number of para-hydroxylation sites is 2. The zero-order valence-corrected chi connectivity index (χ0v) is 20.0. The smallest absolute Gasteiger partial charge is 0.338 e. The highest BCUT2D eigenvalue weighted by Crippen LogP contribution is 2.29. The molecule has 0 bridgehead atoms. The van der Waals surface area contributed by atoms with Gasteiger partial charge in [0.25, 0.3) is 0 Å². The highest BCUT2D eigenvalue weighted by Gasteiger charge is 2.29. The highest BCUT2D eigenvalue weighted by molar-refractivity contribution is 5.89. The fourth-order valence-electron chi connectivity index (χ4n) is 4.88. The molecule has 9 nitrogen and oxygen atoms in total. The Morgan fingerprint density at radius 1 is 0.972 bits per heavy atom. The molecule has 0 spiro atoms. The molecule has 2 fully saturated rings. The van der Waals surface area contributed by atoms with Crippen LogP contribution in [0.3, 0.4) is 0 Å². The van der Waals surface area contributed by atoms with Crippen molar-refractivity contribution in [1.29, 1.82) is 0 Å². The van der Waals surface area contributed by atoms with Crippen LogP contribution in [-0.4, -0.2) is 71.0 Å². The lowest BCUT2D eigenvalue weighted by Gasteiger charge is -2.30. The minimum atomic E-state index is -0.301. The van der Waals surface area contributed by atoms with Crippen LogP contribution in [0, 0.1) is 0 Å². The summed E-state index contributed by atoms with van der Waals surface area (Å²) in [5, 5.41) is 0. The number of morpholine rings is 1. The Kier molecular flexibility index (Phi) is 6.21. The fourth-order valence-corrected chi connectivity index (χ4v) is 4.88. The maximum atomic E-state index is 12.5. The van der Waals surface area contributed by atoms with Crippen molar-refractivity contribution < 1.29 is 14.3 Å². The second kappa shape index (κ2) is 9.94. The topological polar surface area (TPSA) is 85.6 Å². The molecule has 6 rings (SSSR count). The van der Waals surface area contributed by atoms with E-state index < -0.39 is 0 Å². The summed E-state index contributed by atoms with van der Waals surface area (Å²) in [5.41, 5.74) is 2.41. The normalized spacial score (nSPS) is 18.1. The third-order valence-corrected chi connectivity index (χ3v) is 6.78. The van der Waals surface area contributed by atoms with Gasteiger partial charge < -0.3 is 19.3 Å². The number of fused-ring (bicyclic) bond motifs is 1. The first-order valence-corrected chi connectivity index (χ1v) is 12.4. The van der Waals surface area contributed by atoms with Gasteiger partial charge in [-0.15, -0.1) is 0 Å². The minimum Gasteiger partial charge on any atom is -0.460 e. The van der Waals surface area contributed by atoms with Crippen LogP contribution in [0.1, 0.15) is 23.2 Å². The van der Waals surface area contributed by atoms with Crippen LogP contribution < -0.4 is 9.80 Å². The number of carbonyl (C=O) groups excluding carboxylic acids is 1. The van der Waals surface area contributed by atoms with E-state index in [1.807, 2.05) is 53.1 Å². The Hall–Kier alpha value is -3.98. The first kappa shape index (κ1) is 22.5. The van der Waals surface area contributed by atoms with Crippen LogP contribution in [0.4, 0.5) is 11.6 Å².